The van der Waals surface area contributed by atoms with E-state index < -0.39 is 17.9 Å². The van der Waals surface area contributed by atoms with Gasteiger partial charge in [0.05, 0.1) is 6.61 Å². The second-order valence-corrected chi connectivity index (χ2v) is 4.25. The molecule has 2 aromatic carbocycles. The number of hydrogen-bond acceptors (Lipinski definition) is 4. The summed E-state index contributed by atoms with van der Waals surface area (Å²) in [5.41, 5.74) is 6.17. The zero-order valence-corrected chi connectivity index (χ0v) is 11.1. The van der Waals surface area contributed by atoms with Crippen molar-refractivity contribution in [1.82, 2.24) is 0 Å². The average molecular weight is 272 g/mol. The van der Waals surface area contributed by atoms with Crippen LogP contribution in [0.5, 0.6) is 0 Å². The van der Waals surface area contributed by atoms with Crippen molar-refractivity contribution in [3.05, 3.63) is 42.5 Å². The van der Waals surface area contributed by atoms with Crippen molar-refractivity contribution in [1.29, 1.82) is 0 Å². The predicted octanol–water partition coefficient (Wildman–Crippen LogP) is 1.67. The third-order valence-electron chi connectivity index (χ3n) is 2.87. The van der Waals surface area contributed by atoms with Crippen LogP contribution in [0, 0.1) is 0 Å². The lowest BCUT2D eigenvalue weighted by Crippen LogP contribution is -2.43. The highest BCUT2D eigenvalue weighted by molar-refractivity contribution is 6.11. The molecule has 0 heterocycles. The van der Waals surface area contributed by atoms with E-state index in [2.05, 4.69) is 5.32 Å². The Morgan fingerprint density at radius 2 is 1.90 bits per heavy atom. The molecule has 3 N–H and O–H groups in total. The van der Waals surface area contributed by atoms with Crippen LogP contribution in [0.1, 0.15) is 6.92 Å². The first-order valence-corrected chi connectivity index (χ1v) is 6.34. The Labute approximate surface area is 116 Å². The second-order valence-electron chi connectivity index (χ2n) is 4.25. The highest BCUT2D eigenvalue weighted by Gasteiger charge is 2.23. The van der Waals surface area contributed by atoms with Gasteiger partial charge in [0.15, 0.2) is 6.04 Å². The summed E-state index contributed by atoms with van der Waals surface area (Å²) in [6, 6.07) is 11.8. The van der Waals surface area contributed by atoms with Crippen LogP contribution < -0.4 is 11.1 Å². The number of carbonyl (C=O) groups is 2. The van der Waals surface area contributed by atoms with Gasteiger partial charge in [0.2, 0.25) is 0 Å². The maximum Gasteiger partial charge on any atom is 0.332 e. The molecule has 104 valence electrons. The molecular weight excluding hydrogens is 256 g/mol. The fourth-order valence-electron chi connectivity index (χ4n) is 1.88. The summed E-state index contributed by atoms with van der Waals surface area (Å²) in [6.45, 7) is 1.85. The number of ether oxygens (including phenoxy) is 1. The minimum Gasteiger partial charge on any atom is -0.464 e. The van der Waals surface area contributed by atoms with Crippen molar-refractivity contribution in [2.75, 3.05) is 11.9 Å². The minimum absolute atomic E-state index is 0.189. The molecule has 0 aliphatic rings. The molecule has 1 amide bonds. The van der Waals surface area contributed by atoms with Crippen molar-refractivity contribution in [3.8, 4) is 0 Å². The van der Waals surface area contributed by atoms with Gasteiger partial charge in [0.25, 0.3) is 5.91 Å². The van der Waals surface area contributed by atoms with Gasteiger partial charge in [0.1, 0.15) is 0 Å². The van der Waals surface area contributed by atoms with Crippen molar-refractivity contribution in [2.45, 2.75) is 13.0 Å². The van der Waals surface area contributed by atoms with Crippen LogP contribution >= 0.6 is 0 Å². The molecule has 20 heavy (non-hydrogen) atoms. The van der Waals surface area contributed by atoms with Gasteiger partial charge in [-0.1, -0.05) is 36.4 Å². The Morgan fingerprint density at radius 3 is 2.65 bits per heavy atom. The standard InChI is InChI=1S/C15H16N2O3/c1-2-20-15(19)13(16)14(18)17-12-9-5-7-10-6-3-4-8-11(10)12/h3-9,13H,2,16H2,1H3,(H,17,18). The summed E-state index contributed by atoms with van der Waals surface area (Å²) in [5, 5.41) is 4.54. The summed E-state index contributed by atoms with van der Waals surface area (Å²) < 4.78 is 4.73. The molecule has 0 spiro atoms. The van der Waals surface area contributed by atoms with E-state index in [0.717, 1.165) is 10.8 Å². The first kappa shape index (κ1) is 14.0. The van der Waals surface area contributed by atoms with Crippen LogP contribution in [-0.4, -0.2) is 24.5 Å². The summed E-state index contributed by atoms with van der Waals surface area (Å²) in [4.78, 5) is 23.4. The van der Waals surface area contributed by atoms with Gasteiger partial charge in [-0.15, -0.1) is 0 Å². The zero-order valence-electron chi connectivity index (χ0n) is 11.1. The summed E-state index contributed by atoms with van der Waals surface area (Å²) in [7, 11) is 0. The van der Waals surface area contributed by atoms with Gasteiger partial charge < -0.3 is 15.8 Å². The van der Waals surface area contributed by atoms with E-state index in [-0.39, 0.29) is 6.61 Å². The number of rotatable bonds is 4. The number of benzene rings is 2. The Morgan fingerprint density at radius 1 is 1.20 bits per heavy atom. The number of nitrogens with two attached hydrogens (primary N) is 1. The van der Waals surface area contributed by atoms with Gasteiger partial charge in [-0.3, -0.25) is 4.79 Å². The van der Waals surface area contributed by atoms with E-state index in [9.17, 15) is 9.59 Å². The SMILES string of the molecule is CCOC(=O)C(N)C(=O)Nc1cccc2ccccc12. The van der Waals surface area contributed by atoms with E-state index in [0.29, 0.717) is 5.69 Å². The van der Waals surface area contributed by atoms with Crippen molar-refractivity contribution in [2.24, 2.45) is 5.73 Å². The van der Waals surface area contributed by atoms with Crippen molar-refractivity contribution in [3.63, 3.8) is 0 Å². The highest BCUT2D eigenvalue weighted by atomic mass is 16.5. The maximum atomic E-state index is 11.9. The molecule has 0 aromatic heterocycles. The lowest BCUT2D eigenvalue weighted by molar-refractivity contribution is -0.146. The molecule has 5 nitrogen and oxygen atoms in total. The Balaban J connectivity index is 2.20. The van der Waals surface area contributed by atoms with Crippen LogP contribution in [-0.2, 0) is 14.3 Å². The normalized spacial score (nSPS) is 11.9. The number of esters is 1. The number of carbonyl (C=O) groups excluding carboxylic acids is 2. The molecule has 2 rings (SSSR count). The monoisotopic (exact) mass is 272 g/mol. The minimum atomic E-state index is -1.33. The molecule has 0 aliphatic carbocycles. The highest BCUT2D eigenvalue weighted by Crippen LogP contribution is 2.22. The Hall–Kier alpha value is -2.40. The van der Waals surface area contributed by atoms with Gasteiger partial charge in [-0.25, -0.2) is 4.79 Å². The molecule has 1 unspecified atom stereocenters. The lowest BCUT2D eigenvalue weighted by atomic mass is 10.1. The fourth-order valence-corrected chi connectivity index (χ4v) is 1.88. The molecule has 0 bridgehead atoms. The Kier molecular flexibility index (Phi) is 4.32. The average Bonchev–Trinajstić information content (AvgIpc) is 2.47. The first-order valence-electron chi connectivity index (χ1n) is 6.34. The van der Waals surface area contributed by atoms with Crippen LogP contribution in [0.3, 0.4) is 0 Å². The maximum absolute atomic E-state index is 11.9. The summed E-state index contributed by atoms with van der Waals surface area (Å²) in [6.07, 6.45) is 0. The Bertz CT molecular complexity index is 635. The van der Waals surface area contributed by atoms with E-state index in [1.807, 2.05) is 36.4 Å². The van der Waals surface area contributed by atoms with Crippen molar-refractivity contribution < 1.29 is 14.3 Å². The van der Waals surface area contributed by atoms with Gasteiger partial charge >= 0.3 is 5.97 Å². The molecule has 0 saturated carbocycles. The van der Waals surface area contributed by atoms with Crippen LogP contribution in [0.25, 0.3) is 10.8 Å². The molecule has 0 saturated heterocycles. The number of anilines is 1. The van der Waals surface area contributed by atoms with Gasteiger partial charge in [-0.2, -0.15) is 0 Å². The first-order chi connectivity index (χ1) is 9.63. The van der Waals surface area contributed by atoms with E-state index in [1.165, 1.54) is 0 Å². The summed E-state index contributed by atoms with van der Waals surface area (Å²) >= 11 is 0. The van der Waals surface area contributed by atoms with Crippen LogP contribution in [0.4, 0.5) is 5.69 Å². The quantitative estimate of drug-likeness (QED) is 0.655. The topological polar surface area (TPSA) is 81.4 Å². The molecule has 0 radical (unpaired) electrons. The number of amides is 1. The van der Waals surface area contributed by atoms with Crippen LogP contribution in [0.15, 0.2) is 42.5 Å². The van der Waals surface area contributed by atoms with E-state index in [1.54, 1.807) is 13.0 Å². The third kappa shape index (κ3) is 2.95. The van der Waals surface area contributed by atoms with E-state index in [4.69, 9.17) is 10.5 Å². The van der Waals surface area contributed by atoms with Crippen molar-refractivity contribution >= 4 is 28.3 Å². The lowest BCUT2D eigenvalue weighted by Gasteiger charge is -2.12. The van der Waals surface area contributed by atoms with Gasteiger partial charge in [-0.05, 0) is 18.4 Å². The largest absolute Gasteiger partial charge is 0.464 e. The molecule has 5 heteroatoms. The van der Waals surface area contributed by atoms with Crippen LogP contribution in [0.2, 0.25) is 0 Å². The van der Waals surface area contributed by atoms with Gasteiger partial charge in [0, 0.05) is 11.1 Å². The summed E-state index contributed by atoms with van der Waals surface area (Å²) in [5.74, 6) is -1.31. The molecule has 2 aromatic rings. The number of hydrogen-bond donors (Lipinski definition) is 2. The molecular formula is C15H16N2O3. The van der Waals surface area contributed by atoms with E-state index >= 15 is 0 Å². The number of nitrogens with one attached hydrogen (secondary N) is 1. The zero-order chi connectivity index (χ0) is 14.5. The molecule has 0 fully saturated rings. The second kappa shape index (κ2) is 6.16. The number of fused-ring (bicyclic) bond motifs is 1. The molecule has 1 atom stereocenters. The fraction of sp³-hybridized carbons (Fsp3) is 0.200. The molecule has 0 aliphatic heterocycles. The predicted molar refractivity (Wildman–Crippen MR) is 77.2 cm³/mol. The smallest absolute Gasteiger partial charge is 0.332 e. The third-order valence-corrected chi connectivity index (χ3v) is 2.87.